The highest BCUT2D eigenvalue weighted by atomic mass is 16.5. The summed E-state index contributed by atoms with van der Waals surface area (Å²) in [6.07, 6.45) is 0. The van der Waals surface area contributed by atoms with Crippen molar-refractivity contribution in [1.82, 2.24) is 5.32 Å². The van der Waals surface area contributed by atoms with Gasteiger partial charge in [-0.05, 0) is 30.3 Å². The van der Waals surface area contributed by atoms with E-state index in [2.05, 4.69) is 10.6 Å². The molecule has 0 radical (unpaired) electrons. The summed E-state index contributed by atoms with van der Waals surface area (Å²) in [6.45, 7) is -0.547. The molecule has 8 nitrogen and oxygen atoms in total. The van der Waals surface area contributed by atoms with Gasteiger partial charge in [0, 0.05) is 24.4 Å². The molecule has 2 amide bonds. The first-order valence-corrected chi connectivity index (χ1v) is 7.60. The quantitative estimate of drug-likeness (QED) is 0.675. The molecule has 0 atom stereocenters. The number of hydrogen-bond donors (Lipinski definition) is 3. The summed E-state index contributed by atoms with van der Waals surface area (Å²) in [5, 5.41) is 14.8. The summed E-state index contributed by atoms with van der Waals surface area (Å²) in [5.74, 6) is -1.65. The normalized spacial score (nSPS) is 9.92. The van der Waals surface area contributed by atoms with Gasteiger partial charge in [-0.2, -0.15) is 0 Å². The molecule has 8 heteroatoms. The van der Waals surface area contributed by atoms with Crippen LogP contribution >= 0.6 is 0 Å². The molecule has 0 fully saturated rings. The minimum absolute atomic E-state index is 0.0831. The minimum atomic E-state index is -0.848. The smallest absolute Gasteiger partial charge is 0.342 e. The molecule has 0 bridgehead atoms. The molecular formula is C18H18N2O6. The van der Waals surface area contributed by atoms with Gasteiger partial charge < -0.3 is 25.2 Å². The maximum absolute atomic E-state index is 11.9. The van der Waals surface area contributed by atoms with Crippen molar-refractivity contribution < 1.29 is 29.0 Å². The molecule has 0 aromatic heterocycles. The maximum Gasteiger partial charge on any atom is 0.342 e. The monoisotopic (exact) mass is 358 g/mol. The molecule has 3 N–H and O–H groups in total. The SMILES string of the molecule is CNC(=O)c1cccc(NC(=O)COC(=O)c2ccc(OC)cc2O)c1. The topological polar surface area (TPSA) is 114 Å². The number of phenols is 1. The highest BCUT2D eigenvalue weighted by Gasteiger charge is 2.15. The predicted octanol–water partition coefficient (Wildman–Crippen LogP) is 1.56. The molecule has 136 valence electrons. The van der Waals surface area contributed by atoms with Crippen LogP contribution in [0.2, 0.25) is 0 Å². The average molecular weight is 358 g/mol. The summed E-state index contributed by atoms with van der Waals surface area (Å²) >= 11 is 0. The molecular weight excluding hydrogens is 340 g/mol. The van der Waals surface area contributed by atoms with E-state index < -0.39 is 18.5 Å². The zero-order valence-corrected chi connectivity index (χ0v) is 14.2. The van der Waals surface area contributed by atoms with Crippen LogP contribution in [-0.2, 0) is 9.53 Å². The van der Waals surface area contributed by atoms with E-state index in [-0.39, 0.29) is 17.2 Å². The molecule has 0 aliphatic heterocycles. The number of ether oxygens (including phenoxy) is 2. The third kappa shape index (κ3) is 4.73. The van der Waals surface area contributed by atoms with E-state index in [0.717, 1.165) is 0 Å². The molecule has 2 aromatic rings. The van der Waals surface area contributed by atoms with Crippen LogP contribution in [0.25, 0.3) is 0 Å². The lowest BCUT2D eigenvalue weighted by Crippen LogP contribution is -2.22. The van der Waals surface area contributed by atoms with Crippen LogP contribution in [0, 0.1) is 0 Å². The van der Waals surface area contributed by atoms with Crippen molar-refractivity contribution in [2.24, 2.45) is 0 Å². The molecule has 26 heavy (non-hydrogen) atoms. The number of amides is 2. The highest BCUT2D eigenvalue weighted by molar-refractivity contribution is 5.98. The van der Waals surface area contributed by atoms with Crippen molar-refractivity contribution in [2.75, 3.05) is 26.1 Å². The zero-order chi connectivity index (χ0) is 19.1. The largest absolute Gasteiger partial charge is 0.507 e. The first-order valence-electron chi connectivity index (χ1n) is 7.60. The zero-order valence-electron chi connectivity index (χ0n) is 14.2. The van der Waals surface area contributed by atoms with Gasteiger partial charge in [-0.1, -0.05) is 6.07 Å². The van der Waals surface area contributed by atoms with Gasteiger partial charge >= 0.3 is 5.97 Å². The third-order valence-corrected chi connectivity index (χ3v) is 3.39. The molecule has 0 heterocycles. The Kier molecular flexibility index (Phi) is 6.15. The molecule has 0 aliphatic carbocycles. The lowest BCUT2D eigenvalue weighted by atomic mass is 10.2. The van der Waals surface area contributed by atoms with Gasteiger partial charge in [-0.25, -0.2) is 4.79 Å². The Labute approximate surface area is 149 Å². The Balaban J connectivity index is 1.94. The van der Waals surface area contributed by atoms with Gasteiger partial charge in [0.1, 0.15) is 17.1 Å². The number of anilines is 1. The number of methoxy groups -OCH3 is 1. The first kappa shape index (κ1) is 18.8. The van der Waals surface area contributed by atoms with Gasteiger partial charge in [-0.3, -0.25) is 9.59 Å². The summed E-state index contributed by atoms with van der Waals surface area (Å²) in [7, 11) is 2.93. The third-order valence-electron chi connectivity index (χ3n) is 3.39. The summed E-state index contributed by atoms with van der Waals surface area (Å²) < 4.78 is 9.81. The predicted molar refractivity (Wildman–Crippen MR) is 93.4 cm³/mol. The van der Waals surface area contributed by atoms with Crippen LogP contribution < -0.4 is 15.4 Å². The van der Waals surface area contributed by atoms with E-state index in [9.17, 15) is 19.5 Å². The van der Waals surface area contributed by atoms with Crippen molar-refractivity contribution >= 4 is 23.5 Å². The Hall–Kier alpha value is -3.55. The number of aromatic hydroxyl groups is 1. The Morgan fingerprint density at radius 1 is 1.12 bits per heavy atom. The number of benzene rings is 2. The van der Waals surface area contributed by atoms with Crippen molar-refractivity contribution in [3.63, 3.8) is 0 Å². The van der Waals surface area contributed by atoms with E-state index in [0.29, 0.717) is 17.0 Å². The second-order valence-electron chi connectivity index (χ2n) is 5.17. The number of esters is 1. The van der Waals surface area contributed by atoms with Crippen molar-refractivity contribution in [3.8, 4) is 11.5 Å². The Bertz CT molecular complexity index is 834. The number of phenolic OH excluding ortho intramolecular Hbond substituents is 1. The highest BCUT2D eigenvalue weighted by Crippen LogP contribution is 2.24. The maximum atomic E-state index is 11.9. The second-order valence-corrected chi connectivity index (χ2v) is 5.17. The van der Waals surface area contributed by atoms with Gasteiger partial charge in [0.25, 0.3) is 11.8 Å². The molecule has 0 unspecified atom stereocenters. The summed E-state index contributed by atoms with van der Waals surface area (Å²) in [4.78, 5) is 35.4. The van der Waals surface area contributed by atoms with Gasteiger partial charge in [0.2, 0.25) is 0 Å². The van der Waals surface area contributed by atoms with Crippen LogP contribution in [0.3, 0.4) is 0 Å². The molecule has 0 aliphatic rings. The van der Waals surface area contributed by atoms with Gasteiger partial charge in [-0.15, -0.1) is 0 Å². The standard InChI is InChI=1S/C18H18N2O6/c1-19-17(23)11-4-3-5-12(8-11)20-16(22)10-26-18(24)14-7-6-13(25-2)9-15(14)21/h3-9,21H,10H2,1-2H3,(H,19,23)(H,20,22). The van der Waals surface area contributed by atoms with Crippen molar-refractivity contribution in [2.45, 2.75) is 0 Å². The lowest BCUT2D eigenvalue weighted by Gasteiger charge is -2.09. The number of carbonyl (C=O) groups is 3. The van der Waals surface area contributed by atoms with Crippen LogP contribution in [-0.4, -0.2) is 43.7 Å². The van der Waals surface area contributed by atoms with E-state index in [1.165, 1.54) is 38.4 Å². The minimum Gasteiger partial charge on any atom is -0.507 e. The molecule has 2 aromatic carbocycles. The fraction of sp³-hybridized carbons (Fsp3) is 0.167. The van der Waals surface area contributed by atoms with E-state index >= 15 is 0 Å². The summed E-state index contributed by atoms with van der Waals surface area (Å²) in [6, 6.07) is 10.4. The van der Waals surface area contributed by atoms with Crippen molar-refractivity contribution in [1.29, 1.82) is 0 Å². The van der Waals surface area contributed by atoms with E-state index in [1.807, 2.05) is 0 Å². The number of nitrogens with one attached hydrogen (secondary N) is 2. The Morgan fingerprint density at radius 3 is 2.54 bits per heavy atom. The van der Waals surface area contributed by atoms with Crippen LogP contribution in [0.4, 0.5) is 5.69 Å². The molecule has 0 spiro atoms. The molecule has 0 saturated heterocycles. The Morgan fingerprint density at radius 2 is 1.88 bits per heavy atom. The van der Waals surface area contributed by atoms with Crippen LogP contribution in [0.5, 0.6) is 11.5 Å². The van der Waals surface area contributed by atoms with E-state index in [1.54, 1.807) is 18.2 Å². The fourth-order valence-corrected chi connectivity index (χ4v) is 2.10. The van der Waals surface area contributed by atoms with Gasteiger partial charge in [0.05, 0.1) is 7.11 Å². The lowest BCUT2D eigenvalue weighted by molar-refractivity contribution is -0.119. The van der Waals surface area contributed by atoms with Crippen LogP contribution in [0.1, 0.15) is 20.7 Å². The molecule has 2 rings (SSSR count). The number of rotatable bonds is 6. The number of hydrogen-bond acceptors (Lipinski definition) is 6. The average Bonchev–Trinajstić information content (AvgIpc) is 2.65. The van der Waals surface area contributed by atoms with Crippen molar-refractivity contribution in [3.05, 3.63) is 53.6 Å². The first-order chi connectivity index (χ1) is 12.4. The van der Waals surface area contributed by atoms with Gasteiger partial charge in [0.15, 0.2) is 6.61 Å². The fourth-order valence-electron chi connectivity index (χ4n) is 2.10. The van der Waals surface area contributed by atoms with E-state index in [4.69, 9.17) is 9.47 Å². The molecule has 0 saturated carbocycles. The second kappa shape index (κ2) is 8.52. The van der Waals surface area contributed by atoms with Crippen LogP contribution in [0.15, 0.2) is 42.5 Å². The summed E-state index contributed by atoms with van der Waals surface area (Å²) in [5.41, 5.74) is 0.685. The number of carbonyl (C=O) groups excluding carboxylic acids is 3.